The first kappa shape index (κ1) is 6.73. The predicted octanol–water partition coefficient (Wildman–Crippen LogP) is -0.0698. The lowest BCUT2D eigenvalue weighted by atomic mass is 10.9. The molecule has 0 fully saturated rings. The molecular formula is C5H7NO4. The van der Waals surface area contributed by atoms with E-state index in [-0.39, 0.29) is 12.0 Å². The molecule has 0 bridgehead atoms. The van der Waals surface area contributed by atoms with Crippen LogP contribution in [0.3, 0.4) is 0 Å². The summed E-state index contributed by atoms with van der Waals surface area (Å²) in [5.41, 5.74) is 0. The number of aromatic nitrogens is 1. The van der Waals surface area contributed by atoms with Crippen molar-refractivity contribution in [3.63, 3.8) is 0 Å². The Labute approximate surface area is 57.4 Å². The zero-order valence-electron chi connectivity index (χ0n) is 5.66. The van der Waals surface area contributed by atoms with Crippen molar-refractivity contribution in [3.8, 4) is 12.0 Å². The highest BCUT2D eigenvalue weighted by molar-refractivity contribution is 4.95. The summed E-state index contributed by atoms with van der Waals surface area (Å²) in [5, 5.41) is 10.6. The molecule has 0 N–H and O–H groups in total. The Morgan fingerprint density at radius 3 is 2.50 bits per heavy atom. The Morgan fingerprint density at radius 1 is 1.50 bits per heavy atom. The Morgan fingerprint density at radius 2 is 2.20 bits per heavy atom. The van der Waals surface area contributed by atoms with Crippen LogP contribution in [0.4, 0.5) is 0 Å². The van der Waals surface area contributed by atoms with Crippen molar-refractivity contribution in [2.24, 2.45) is 0 Å². The second-order valence-corrected chi connectivity index (χ2v) is 1.55. The highest BCUT2D eigenvalue weighted by Gasteiger charge is 2.14. The minimum absolute atomic E-state index is 0.128. The van der Waals surface area contributed by atoms with Crippen molar-refractivity contribution in [3.05, 3.63) is 11.4 Å². The van der Waals surface area contributed by atoms with Gasteiger partial charge >= 0.3 is 12.0 Å². The molecule has 5 nitrogen and oxygen atoms in total. The maximum atomic E-state index is 10.6. The normalized spacial score (nSPS) is 9.40. The highest BCUT2D eigenvalue weighted by Crippen LogP contribution is 2.14. The quantitative estimate of drug-likeness (QED) is 0.431. The molecule has 56 valence electrons. The SMILES string of the molecule is COc1c[n+]([O-])c(OC)o1. The first-order valence-electron chi connectivity index (χ1n) is 2.59. The highest BCUT2D eigenvalue weighted by atomic mass is 16.7. The lowest BCUT2D eigenvalue weighted by molar-refractivity contribution is -0.616. The number of methoxy groups -OCH3 is 2. The van der Waals surface area contributed by atoms with Crippen molar-refractivity contribution in [1.82, 2.24) is 0 Å². The number of oxazole rings is 1. The minimum atomic E-state index is -0.128. The molecule has 0 saturated heterocycles. The fourth-order valence-corrected chi connectivity index (χ4v) is 0.532. The minimum Gasteiger partial charge on any atom is -0.613 e. The van der Waals surface area contributed by atoms with Gasteiger partial charge < -0.3 is 19.1 Å². The Balaban J connectivity index is 2.92. The maximum absolute atomic E-state index is 10.6. The summed E-state index contributed by atoms with van der Waals surface area (Å²) in [4.78, 5) is 0. The number of nitrogens with zero attached hydrogens (tertiary/aromatic N) is 1. The lowest BCUT2D eigenvalue weighted by Gasteiger charge is -1.88. The van der Waals surface area contributed by atoms with Crippen molar-refractivity contribution in [1.29, 1.82) is 0 Å². The summed E-state index contributed by atoms with van der Waals surface area (Å²) in [5.74, 6) is 0.131. The molecule has 0 aliphatic heterocycles. The van der Waals surface area contributed by atoms with Gasteiger partial charge in [-0.15, -0.1) is 0 Å². The van der Waals surface area contributed by atoms with E-state index in [1.54, 1.807) is 0 Å². The van der Waals surface area contributed by atoms with E-state index < -0.39 is 0 Å². The topological polar surface area (TPSA) is 58.5 Å². The van der Waals surface area contributed by atoms with Crippen molar-refractivity contribution < 1.29 is 18.6 Å². The van der Waals surface area contributed by atoms with Crippen LogP contribution in [0.15, 0.2) is 10.6 Å². The molecule has 0 atom stereocenters. The third-order valence-electron chi connectivity index (χ3n) is 0.966. The molecule has 5 heteroatoms. The molecule has 1 aromatic rings. The summed E-state index contributed by atoms with van der Waals surface area (Å²) in [6.45, 7) is 0. The zero-order valence-corrected chi connectivity index (χ0v) is 5.66. The standard InChI is InChI=1S/C5H7NO4/c1-8-4-3-6(7)5(9-2)10-4/h3H,1-2H3. The Bertz CT molecular complexity index is 219. The number of rotatable bonds is 2. The van der Waals surface area contributed by atoms with Crippen molar-refractivity contribution in [2.75, 3.05) is 14.2 Å². The van der Waals surface area contributed by atoms with Crippen LogP contribution in [0.1, 0.15) is 0 Å². The first-order valence-corrected chi connectivity index (χ1v) is 2.59. The van der Waals surface area contributed by atoms with Gasteiger partial charge in [-0.2, -0.15) is 0 Å². The van der Waals surface area contributed by atoms with Gasteiger partial charge in [-0.1, -0.05) is 4.73 Å². The van der Waals surface area contributed by atoms with Crippen LogP contribution < -0.4 is 14.2 Å². The molecule has 0 unspecified atom stereocenters. The molecule has 0 amide bonds. The van der Waals surface area contributed by atoms with Crippen LogP contribution in [0.5, 0.6) is 12.0 Å². The summed E-state index contributed by atoms with van der Waals surface area (Å²) >= 11 is 0. The van der Waals surface area contributed by atoms with E-state index in [4.69, 9.17) is 4.42 Å². The maximum Gasteiger partial charge on any atom is 0.575 e. The van der Waals surface area contributed by atoms with Crippen LogP contribution in [-0.2, 0) is 0 Å². The fraction of sp³-hybridized carbons (Fsp3) is 0.400. The molecule has 0 saturated carbocycles. The van der Waals surface area contributed by atoms with Crippen LogP contribution >= 0.6 is 0 Å². The van der Waals surface area contributed by atoms with Gasteiger partial charge in [0, 0.05) is 0 Å². The zero-order chi connectivity index (χ0) is 7.56. The average Bonchev–Trinajstić information content (AvgIpc) is 2.30. The first-order chi connectivity index (χ1) is 4.77. The lowest BCUT2D eigenvalue weighted by Crippen LogP contribution is -2.23. The summed E-state index contributed by atoms with van der Waals surface area (Å²) in [6.07, 6.45) is 1.01. The average molecular weight is 145 g/mol. The number of ether oxygens (including phenoxy) is 2. The van der Waals surface area contributed by atoms with Gasteiger partial charge in [-0.25, -0.2) is 0 Å². The predicted molar refractivity (Wildman–Crippen MR) is 30.8 cm³/mol. The Hall–Kier alpha value is -1.39. The molecule has 10 heavy (non-hydrogen) atoms. The van der Waals surface area contributed by atoms with E-state index in [1.807, 2.05) is 0 Å². The smallest absolute Gasteiger partial charge is 0.575 e. The molecule has 0 radical (unpaired) electrons. The van der Waals surface area contributed by atoms with Crippen LogP contribution in [0.25, 0.3) is 0 Å². The third kappa shape index (κ3) is 0.975. The summed E-state index contributed by atoms with van der Waals surface area (Å²) < 4.78 is 14.3. The van der Waals surface area contributed by atoms with Crippen molar-refractivity contribution >= 4 is 0 Å². The van der Waals surface area contributed by atoms with Crippen molar-refractivity contribution in [2.45, 2.75) is 0 Å². The van der Waals surface area contributed by atoms with Crippen LogP contribution in [-0.4, -0.2) is 14.2 Å². The molecule has 0 aromatic carbocycles. The van der Waals surface area contributed by atoms with E-state index in [2.05, 4.69) is 9.47 Å². The second kappa shape index (κ2) is 2.47. The monoisotopic (exact) mass is 145 g/mol. The van der Waals surface area contributed by atoms with E-state index in [1.165, 1.54) is 14.2 Å². The molecule has 0 aliphatic rings. The molecule has 0 aliphatic carbocycles. The van der Waals surface area contributed by atoms with Gasteiger partial charge in [-0.05, 0) is 0 Å². The summed E-state index contributed by atoms with van der Waals surface area (Å²) in [7, 11) is 2.74. The Kier molecular flexibility index (Phi) is 1.66. The van der Waals surface area contributed by atoms with Gasteiger partial charge in [0.15, 0.2) is 0 Å². The van der Waals surface area contributed by atoms with Crippen LogP contribution in [0.2, 0.25) is 0 Å². The molecule has 1 heterocycles. The summed E-state index contributed by atoms with van der Waals surface area (Å²) in [6, 6.07) is 0. The number of hydrogen-bond acceptors (Lipinski definition) is 4. The second-order valence-electron chi connectivity index (χ2n) is 1.55. The van der Waals surface area contributed by atoms with E-state index in [0.717, 1.165) is 6.20 Å². The molecule has 1 rings (SSSR count). The third-order valence-corrected chi connectivity index (χ3v) is 0.966. The van der Waals surface area contributed by atoms with Gasteiger partial charge in [0.05, 0.1) is 14.2 Å². The van der Waals surface area contributed by atoms with E-state index >= 15 is 0 Å². The van der Waals surface area contributed by atoms with Gasteiger partial charge in [0.2, 0.25) is 0 Å². The molecule has 1 aromatic heterocycles. The largest absolute Gasteiger partial charge is 0.613 e. The van der Waals surface area contributed by atoms with Gasteiger partial charge in [0.1, 0.15) is 0 Å². The van der Waals surface area contributed by atoms with E-state index in [0.29, 0.717) is 4.73 Å². The fourth-order valence-electron chi connectivity index (χ4n) is 0.532. The van der Waals surface area contributed by atoms with Crippen LogP contribution in [0, 0.1) is 5.21 Å². The number of hydrogen-bond donors (Lipinski definition) is 0. The van der Waals surface area contributed by atoms with Gasteiger partial charge in [0.25, 0.3) is 6.20 Å². The van der Waals surface area contributed by atoms with Gasteiger partial charge in [-0.3, -0.25) is 0 Å². The molecular weight excluding hydrogens is 138 g/mol. The molecule has 0 spiro atoms. The van der Waals surface area contributed by atoms with E-state index in [9.17, 15) is 5.21 Å².